The van der Waals surface area contributed by atoms with Gasteiger partial charge in [-0.1, -0.05) is 26.0 Å². The number of hydrogen-bond donors (Lipinski definition) is 1. The van der Waals surface area contributed by atoms with Crippen molar-refractivity contribution in [2.24, 2.45) is 0 Å². The Kier molecular flexibility index (Phi) is 7.27. The van der Waals surface area contributed by atoms with Crippen LogP contribution in [0, 0.1) is 0 Å². The maximum absolute atomic E-state index is 12.6. The fourth-order valence-electron chi connectivity index (χ4n) is 3.05. The van der Waals surface area contributed by atoms with Crippen molar-refractivity contribution >= 4 is 11.8 Å². The topological polar surface area (TPSA) is 49.4 Å². The molecule has 0 saturated carbocycles. The van der Waals surface area contributed by atoms with Gasteiger partial charge in [0.1, 0.15) is 0 Å². The first-order valence-corrected chi connectivity index (χ1v) is 8.60. The molecule has 1 fully saturated rings. The van der Waals surface area contributed by atoms with E-state index in [0.717, 1.165) is 24.0 Å². The first kappa shape index (κ1) is 19.2. The van der Waals surface area contributed by atoms with E-state index in [1.807, 2.05) is 49.9 Å². The van der Waals surface area contributed by atoms with E-state index in [1.54, 1.807) is 0 Å². The van der Waals surface area contributed by atoms with Gasteiger partial charge < -0.3 is 10.2 Å². The zero-order chi connectivity index (χ0) is 17.6. The summed E-state index contributed by atoms with van der Waals surface area (Å²) in [5, 5.41) is 2.84. The number of carbonyl (C=O) groups is 2. The highest BCUT2D eigenvalue weighted by Gasteiger charge is 2.31. The summed E-state index contributed by atoms with van der Waals surface area (Å²) in [5.74, 6) is 0.0496. The van der Waals surface area contributed by atoms with E-state index in [2.05, 4.69) is 19.2 Å². The maximum Gasteiger partial charge on any atom is 0.254 e. The minimum atomic E-state index is -0.0534. The lowest BCUT2D eigenvalue weighted by Crippen LogP contribution is -2.38. The number of likely N-dealkylation sites (tertiary alicyclic amines) is 1. The third kappa shape index (κ3) is 4.81. The Morgan fingerprint density at radius 2 is 1.57 bits per heavy atom. The molecule has 3 atom stereocenters. The molecule has 2 rings (SSSR count). The average molecular weight is 318 g/mol. The Morgan fingerprint density at radius 1 is 1.09 bits per heavy atom. The van der Waals surface area contributed by atoms with E-state index in [9.17, 15) is 9.59 Å². The molecule has 4 heteroatoms. The summed E-state index contributed by atoms with van der Waals surface area (Å²) >= 11 is 0. The van der Waals surface area contributed by atoms with Crippen molar-refractivity contribution < 1.29 is 9.59 Å². The van der Waals surface area contributed by atoms with E-state index < -0.39 is 0 Å². The monoisotopic (exact) mass is 318 g/mol. The number of carbonyl (C=O) groups excluding carboxylic acids is 2. The van der Waals surface area contributed by atoms with Crippen molar-refractivity contribution in [1.82, 2.24) is 10.2 Å². The van der Waals surface area contributed by atoms with Gasteiger partial charge in [-0.2, -0.15) is 0 Å². The second kappa shape index (κ2) is 8.70. The molecule has 0 aromatic heterocycles. The Morgan fingerprint density at radius 3 is 2.00 bits per heavy atom. The minimum absolute atomic E-state index is 0.0451. The van der Waals surface area contributed by atoms with Crippen molar-refractivity contribution in [3.63, 3.8) is 0 Å². The van der Waals surface area contributed by atoms with E-state index in [0.29, 0.717) is 12.1 Å². The summed E-state index contributed by atoms with van der Waals surface area (Å²) in [5.41, 5.74) is 1.72. The van der Waals surface area contributed by atoms with E-state index in [4.69, 9.17) is 0 Å². The van der Waals surface area contributed by atoms with Crippen molar-refractivity contribution in [3.8, 4) is 0 Å². The van der Waals surface area contributed by atoms with Gasteiger partial charge >= 0.3 is 0 Å². The highest BCUT2D eigenvalue weighted by atomic mass is 16.2. The largest absolute Gasteiger partial charge is 0.350 e. The minimum Gasteiger partial charge on any atom is -0.350 e. The molecule has 1 aromatic rings. The summed E-state index contributed by atoms with van der Waals surface area (Å²) in [6.07, 6.45) is 2.15. The van der Waals surface area contributed by atoms with Gasteiger partial charge in [-0.3, -0.25) is 9.59 Å². The number of nitrogens with one attached hydrogen (secondary N) is 1. The predicted molar refractivity (Wildman–Crippen MR) is 94.3 cm³/mol. The van der Waals surface area contributed by atoms with Crippen LogP contribution in [0.15, 0.2) is 24.3 Å². The highest BCUT2D eigenvalue weighted by Crippen LogP contribution is 2.26. The van der Waals surface area contributed by atoms with Gasteiger partial charge in [-0.05, 0) is 51.3 Å². The molecular formula is C19H30N2O2. The van der Waals surface area contributed by atoms with Crippen LogP contribution in [0.4, 0.5) is 0 Å². The van der Waals surface area contributed by atoms with Crippen LogP contribution >= 0.6 is 0 Å². The van der Waals surface area contributed by atoms with Gasteiger partial charge in [0.15, 0.2) is 0 Å². The summed E-state index contributed by atoms with van der Waals surface area (Å²) < 4.78 is 0. The molecule has 1 aromatic carbocycles. The van der Waals surface area contributed by atoms with E-state index in [1.165, 1.54) is 6.92 Å². The molecule has 2 amide bonds. The fourth-order valence-corrected chi connectivity index (χ4v) is 3.05. The zero-order valence-corrected chi connectivity index (χ0v) is 15.2. The molecule has 0 spiro atoms. The summed E-state index contributed by atoms with van der Waals surface area (Å²) in [6, 6.07) is 8.12. The Bertz CT molecular complexity index is 515. The second-order valence-electron chi connectivity index (χ2n) is 6.03. The van der Waals surface area contributed by atoms with Gasteiger partial charge in [0.25, 0.3) is 5.91 Å². The molecule has 0 bridgehead atoms. The highest BCUT2D eigenvalue weighted by molar-refractivity contribution is 5.94. The number of benzene rings is 1. The third-order valence-electron chi connectivity index (χ3n) is 4.26. The third-order valence-corrected chi connectivity index (χ3v) is 4.26. The summed E-state index contributed by atoms with van der Waals surface area (Å²) in [4.78, 5) is 25.6. The Balaban J connectivity index is 0.00000127. The number of nitrogens with zero attached hydrogens (tertiary/aromatic N) is 1. The zero-order valence-electron chi connectivity index (χ0n) is 15.2. The molecule has 23 heavy (non-hydrogen) atoms. The van der Waals surface area contributed by atoms with Crippen molar-refractivity contribution in [2.75, 3.05) is 0 Å². The van der Waals surface area contributed by atoms with Gasteiger partial charge in [-0.25, -0.2) is 0 Å². The molecule has 1 heterocycles. The summed E-state index contributed by atoms with van der Waals surface area (Å²) in [7, 11) is 0. The standard InChI is InChI=1S/C17H24N2O2.C2H6/c1-11-5-6-12(2)19(11)17(21)16-9-7-15(8-10-16)13(3)18-14(4)20;1-2/h7-13H,5-6H2,1-4H3,(H,18,20);1-2H3. The molecule has 1 aliphatic heterocycles. The van der Waals surface area contributed by atoms with Crippen LogP contribution in [-0.2, 0) is 4.79 Å². The van der Waals surface area contributed by atoms with Crippen molar-refractivity contribution in [3.05, 3.63) is 35.4 Å². The van der Waals surface area contributed by atoms with E-state index >= 15 is 0 Å². The van der Waals surface area contributed by atoms with Crippen LogP contribution in [0.1, 0.15) is 76.3 Å². The molecular weight excluding hydrogens is 288 g/mol. The second-order valence-corrected chi connectivity index (χ2v) is 6.03. The number of rotatable bonds is 3. The quantitative estimate of drug-likeness (QED) is 0.918. The first-order chi connectivity index (χ1) is 10.9. The van der Waals surface area contributed by atoms with Gasteiger partial charge in [-0.15, -0.1) is 0 Å². The molecule has 1 N–H and O–H groups in total. The summed E-state index contributed by atoms with van der Waals surface area (Å²) in [6.45, 7) is 11.6. The van der Waals surface area contributed by atoms with Gasteiger partial charge in [0.05, 0.1) is 6.04 Å². The van der Waals surface area contributed by atoms with Crippen molar-refractivity contribution in [1.29, 1.82) is 0 Å². The predicted octanol–water partition coefficient (Wildman–Crippen LogP) is 3.92. The normalized spacial score (nSPS) is 21.2. The van der Waals surface area contributed by atoms with Crippen LogP contribution in [0.25, 0.3) is 0 Å². The molecule has 4 nitrogen and oxygen atoms in total. The SMILES string of the molecule is CC.CC(=O)NC(C)c1ccc(C(=O)N2C(C)CCC2C)cc1. The maximum atomic E-state index is 12.6. The fraction of sp³-hybridized carbons (Fsp3) is 0.579. The number of hydrogen-bond acceptors (Lipinski definition) is 2. The van der Waals surface area contributed by atoms with E-state index in [-0.39, 0.29) is 17.9 Å². The van der Waals surface area contributed by atoms with Crippen LogP contribution < -0.4 is 5.32 Å². The number of amides is 2. The molecule has 1 aliphatic rings. The first-order valence-electron chi connectivity index (χ1n) is 8.60. The lowest BCUT2D eigenvalue weighted by atomic mass is 10.0. The molecule has 1 saturated heterocycles. The average Bonchev–Trinajstić information content (AvgIpc) is 2.87. The Hall–Kier alpha value is -1.84. The van der Waals surface area contributed by atoms with Gasteiger partial charge in [0, 0.05) is 24.6 Å². The smallest absolute Gasteiger partial charge is 0.254 e. The van der Waals surface area contributed by atoms with Crippen LogP contribution in [0.2, 0.25) is 0 Å². The van der Waals surface area contributed by atoms with Gasteiger partial charge in [0.2, 0.25) is 5.91 Å². The lowest BCUT2D eigenvalue weighted by Gasteiger charge is -2.26. The molecule has 0 aliphatic carbocycles. The van der Waals surface area contributed by atoms with Crippen molar-refractivity contribution in [2.45, 2.75) is 72.5 Å². The van der Waals surface area contributed by atoms with Crippen LogP contribution in [0.5, 0.6) is 0 Å². The molecule has 3 unspecified atom stereocenters. The van der Waals surface area contributed by atoms with Crippen LogP contribution in [-0.4, -0.2) is 28.8 Å². The van der Waals surface area contributed by atoms with Crippen LogP contribution in [0.3, 0.4) is 0 Å². The Labute approximate surface area is 140 Å². The molecule has 128 valence electrons. The molecule has 0 radical (unpaired) electrons. The lowest BCUT2D eigenvalue weighted by molar-refractivity contribution is -0.119.